The zero-order valence-electron chi connectivity index (χ0n) is 14.1. The first-order valence-corrected chi connectivity index (χ1v) is 10.1. The SMILES string of the molecule is Cc1ccc(S(=O)(=O)Nc2ccc(N3CCOCC3(C)C)cc2)s1. The van der Waals surface area contributed by atoms with Gasteiger partial charge in [-0.15, -0.1) is 11.3 Å². The predicted molar refractivity (Wildman–Crippen MR) is 98.6 cm³/mol. The van der Waals surface area contributed by atoms with Crippen LogP contribution in [0.15, 0.2) is 40.6 Å². The number of aryl methyl sites for hydroxylation is 1. The van der Waals surface area contributed by atoms with Gasteiger partial charge in [-0.25, -0.2) is 8.42 Å². The number of thiophene rings is 1. The van der Waals surface area contributed by atoms with E-state index in [1.54, 1.807) is 18.2 Å². The minimum atomic E-state index is -3.52. The standard InChI is InChI=1S/C17H22N2O3S2/c1-13-4-9-16(23-13)24(20,21)18-14-5-7-15(8-6-14)19-10-11-22-12-17(19,2)3/h4-9,18H,10-12H2,1-3H3. The van der Waals surface area contributed by atoms with Gasteiger partial charge < -0.3 is 9.64 Å². The number of sulfonamides is 1. The fourth-order valence-corrected chi connectivity index (χ4v) is 5.15. The summed E-state index contributed by atoms with van der Waals surface area (Å²) in [5.74, 6) is 0. The van der Waals surface area contributed by atoms with E-state index in [0.717, 1.165) is 17.1 Å². The molecule has 1 aliphatic rings. The van der Waals surface area contributed by atoms with Crippen LogP contribution in [0.4, 0.5) is 11.4 Å². The van der Waals surface area contributed by atoms with E-state index in [0.29, 0.717) is 23.1 Å². The Kier molecular flexibility index (Phi) is 4.59. The van der Waals surface area contributed by atoms with Gasteiger partial charge in [0.2, 0.25) is 0 Å². The van der Waals surface area contributed by atoms with Gasteiger partial charge in [0.15, 0.2) is 0 Å². The van der Waals surface area contributed by atoms with E-state index >= 15 is 0 Å². The molecule has 2 heterocycles. The summed E-state index contributed by atoms with van der Waals surface area (Å²) in [4.78, 5) is 3.26. The first kappa shape index (κ1) is 17.3. The molecule has 2 aromatic rings. The maximum absolute atomic E-state index is 12.4. The second-order valence-corrected chi connectivity index (χ2v) is 9.73. The van der Waals surface area contributed by atoms with Crippen LogP contribution >= 0.6 is 11.3 Å². The predicted octanol–water partition coefficient (Wildman–Crippen LogP) is 3.47. The van der Waals surface area contributed by atoms with Gasteiger partial charge in [0.1, 0.15) is 4.21 Å². The lowest BCUT2D eigenvalue weighted by Gasteiger charge is -2.43. The Labute approximate surface area is 147 Å². The van der Waals surface area contributed by atoms with E-state index in [2.05, 4.69) is 23.5 Å². The first-order valence-electron chi connectivity index (χ1n) is 7.83. The molecule has 1 aromatic carbocycles. The molecule has 5 nitrogen and oxygen atoms in total. The summed E-state index contributed by atoms with van der Waals surface area (Å²) < 4.78 is 33.3. The molecule has 0 aliphatic carbocycles. The topological polar surface area (TPSA) is 58.6 Å². The number of hydrogen-bond donors (Lipinski definition) is 1. The molecule has 1 aromatic heterocycles. The number of rotatable bonds is 4. The van der Waals surface area contributed by atoms with Gasteiger partial charge in [-0.3, -0.25) is 4.72 Å². The number of benzene rings is 1. The Hall–Kier alpha value is -1.57. The van der Waals surface area contributed by atoms with E-state index in [-0.39, 0.29) is 5.54 Å². The van der Waals surface area contributed by atoms with E-state index in [1.807, 2.05) is 25.1 Å². The summed E-state index contributed by atoms with van der Waals surface area (Å²) in [6.07, 6.45) is 0. The number of nitrogens with zero attached hydrogens (tertiary/aromatic N) is 1. The molecular formula is C17H22N2O3S2. The molecule has 1 N–H and O–H groups in total. The van der Waals surface area contributed by atoms with Gasteiger partial charge in [-0.1, -0.05) is 0 Å². The zero-order chi connectivity index (χ0) is 17.4. The molecule has 24 heavy (non-hydrogen) atoms. The lowest BCUT2D eigenvalue weighted by atomic mass is 10.0. The first-order chi connectivity index (χ1) is 11.3. The molecule has 3 rings (SSSR count). The fourth-order valence-electron chi connectivity index (χ4n) is 2.81. The summed E-state index contributed by atoms with van der Waals surface area (Å²) in [7, 11) is -3.52. The second kappa shape index (κ2) is 6.38. The van der Waals surface area contributed by atoms with Crippen molar-refractivity contribution in [3.8, 4) is 0 Å². The van der Waals surface area contributed by atoms with Crippen LogP contribution in [0.3, 0.4) is 0 Å². The molecule has 0 amide bonds. The third kappa shape index (κ3) is 3.58. The molecule has 0 radical (unpaired) electrons. The quantitative estimate of drug-likeness (QED) is 0.900. The minimum absolute atomic E-state index is 0.0756. The van der Waals surface area contributed by atoms with Gasteiger partial charge >= 0.3 is 0 Å². The number of nitrogens with one attached hydrogen (secondary N) is 1. The monoisotopic (exact) mass is 366 g/mol. The molecule has 0 saturated carbocycles. The van der Waals surface area contributed by atoms with E-state index in [1.165, 1.54) is 11.3 Å². The average Bonchev–Trinajstić information content (AvgIpc) is 2.95. The van der Waals surface area contributed by atoms with Crippen molar-refractivity contribution in [2.24, 2.45) is 0 Å². The Bertz CT molecular complexity index is 811. The van der Waals surface area contributed by atoms with Gasteiger partial charge in [0, 0.05) is 22.8 Å². The van der Waals surface area contributed by atoms with Crippen LogP contribution in [0.1, 0.15) is 18.7 Å². The minimum Gasteiger partial charge on any atom is -0.377 e. The lowest BCUT2D eigenvalue weighted by Crippen LogP contribution is -2.53. The Balaban J connectivity index is 1.77. The smallest absolute Gasteiger partial charge is 0.271 e. The maximum Gasteiger partial charge on any atom is 0.271 e. The highest BCUT2D eigenvalue weighted by molar-refractivity contribution is 7.94. The van der Waals surface area contributed by atoms with Crippen LogP contribution in [0.2, 0.25) is 0 Å². The zero-order valence-corrected chi connectivity index (χ0v) is 15.7. The second-order valence-electron chi connectivity index (χ2n) is 6.53. The van der Waals surface area contributed by atoms with Crippen molar-refractivity contribution in [2.45, 2.75) is 30.5 Å². The maximum atomic E-state index is 12.4. The van der Waals surface area contributed by atoms with Crippen molar-refractivity contribution >= 4 is 32.7 Å². The van der Waals surface area contributed by atoms with Crippen LogP contribution in [0.5, 0.6) is 0 Å². The third-order valence-corrected chi connectivity index (χ3v) is 6.93. The Morgan fingerprint density at radius 2 is 1.88 bits per heavy atom. The molecule has 1 fully saturated rings. The normalized spacial score (nSPS) is 17.7. The molecule has 1 aliphatic heterocycles. The van der Waals surface area contributed by atoms with Crippen molar-refractivity contribution in [3.05, 3.63) is 41.3 Å². The summed E-state index contributed by atoms with van der Waals surface area (Å²) in [5, 5.41) is 0. The molecule has 0 atom stereocenters. The van der Waals surface area contributed by atoms with E-state index < -0.39 is 10.0 Å². The van der Waals surface area contributed by atoms with E-state index in [9.17, 15) is 8.42 Å². The molecular weight excluding hydrogens is 344 g/mol. The Morgan fingerprint density at radius 1 is 1.17 bits per heavy atom. The molecule has 0 bridgehead atoms. The Morgan fingerprint density at radius 3 is 2.46 bits per heavy atom. The van der Waals surface area contributed by atoms with Crippen molar-refractivity contribution in [1.29, 1.82) is 0 Å². The number of ether oxygens (including phenoxy) is 1. The van der Waals surface area contributed by atoms with Crippen molar-refractivity contribution < 1.29 is 13.2 Å². The van der Waals surface area contributed by atoms with Gasteiger partial charge in [0.05, 0.1) is 18.8 Å². The van der Waals surface area contributed by atoms with Crippen molar-refractivity contribution in [3.63, 3.8) is 0 Å². The van der Waals surface area contributed by atoms with Gasteiger partial charge in [0.25, 0.3) is 10.0 Å². The number of morpholine rings is 1. The number of hydrogen-bond acceptors (Lipinski definition) is 5. The van der Waals surface area contributed by atoms with Crippen LogP contribution in [0.25, 0.3) is 0 Å². The average molecular weight is 367 g/mol. The van der Waals surface area contributed by atoms with Crippen molar-refractivity contribution in [2.75, 3.05) is 29.4 Å². The van der Waals surface area contributed by atoms with Crippen LogP contribution in [-0.2, 0) is 14.8 Å². The highest BCUT2D eigenvalue weighted by atomic mass is 32.2. The summed E-state index contributed by atoms with van der Waals surface area (Å²) in [5.41, 5.74) is 1.56. The molecule has 0 spiro atoms. The highest BCUT2D eigenvalue weighted by Gasteiger charge is 2.30. The molecule has 130 valence electrons. The number of anilines is 2. The summed E-state index contributed by atoms with van der Waals surface area (Å²) >= 11 is 1.27. The summed E-state index contributed by atoms with van der Waals surface area (Å²) in [6, 6.07) is 10.9. The largest absolute Gasteiger partial charge is 0.377 e. The van der Waals surface area contributed by atoms with Crippen LogP contribution < -0.4 is 9.62 Å². The fraction of sp³-hybridized carbons (Fsp3) is 0.412. The van der Waals surface area contributed by atoms with Crippen LogP contribution in [0, 0.1) is 6.92 Å². The molecule has 0 unspecified atom stereocenters. The molecule has 7 heteroatoms. The lowest BCUT2D eigenvalue weighted by molar-refractivity contribution is 0.0644. The molecule has 1 saturated heterocycles. The van der Waals surface area contributed by atoms with Crippen molar-refractivity contribution in [1.82, 2.24) is 0 Å². The van der Waals surface area contributed by atoms with Gasteiger partial charge in [-0.2, -0.15) is 0 Å². The van der Waals surface area contributed by atoms with E-state index in [4.69, 9.17) is 4.74 Å². The highest BCUT2D eigenvalue weighted by Crippen LogP contribution is 2.29. The van der Waals surface area contributed by atoms with Gasteiger partial charge in [-0.05, 0) is 57.2 Å². The summed E-state index contributed by atoms with van der Waals surface area (Å²) in [6.45, 7) is 8.38. The van der Waals surface area contributed by atoms with Crippen LogP contribution in [-0.4, -0.2) is 33.7 Å². The third-order valence-electron chi connectivity index (χ3n) is 4.06.